The molecule has 2 nitrogen and oxygen atoms in total. The van der Waals surface area contributed by atoms with Crippen LogP contribution >= 0.6 is 0 Å². The molecule has 3 heteroatoms. The van der Waals surface area contributed by atoms with Gasteiger partial charge in [0.2, 0.25) is 0 Å². The normalized spacial score (nSPS) is 27.2. The molecule has 2 bridgehead atoms. The van der Waals surface area contributed by atoms with Crippen LogP contribution in [0.25, 0.3) is 0 Å². The van der Waals surface area contributed by atoms with Crippen molar-refractivity contribution in [1.29, 1.82) is 0 Å². The zero-order valence-corrected chi connectivity index (χ0v) is 7.89. The van der Waals surface area contributed by atoms with E-state index in [9.17, 15) is 8.42 Å². The van der Waals surface area contributed by atoms with Gasteiger partial charge in [-0.15, -0.1) is 0 Å². The highest BCUT2D eigenvalue weighted by molar-refractivity contribution is 7.95. The van der Waals surface area contributed by atoms with Crippen LogP contribution in [0.3, 0.4) is 0 Å². The fourth-order valence-corrected chi connectivity index (χ4v) is 3.26. The SMILES string of the molecule is CCS(=O)(=O)C1=C2C=CC(C2)C1. The van der Waals surface area contributed by atoms with E-state index in [1.165, 1.54) is 0 Å². The highest BCUT2D eigenvalue weighted by Crippen LogP contribution is 2.41. The summed E-state index contributed by atoms with van der Waals surface area (Å²) in [6.45, 7) is 1.71. The lowest BCUT2D eigenvalue weighted by atomic mass is 10.1. The second-order valence-corrected chi connectivity index (χ2v) is 5.68. The van der Waals surface area contributed by atoms with Crippen LogP contribution in [0.5, 0.6) is 0 Å². The molecule has 12 heavy (non-hydrogen) atoms. The second kappa shape index (κ2) is 2.46. The average molecular weight is 184 g/mol. The van der Waals surface area contributed by atoms with E-state index < -0.39 is 9.84 Å². The van der Waals surface area contributed by atoms with Crippen LogP contribution in [0, 0.1) is 5.92 Å². The van der Waals surface area contributed by atoms with E-state index in [0.717, 1.165) is 18.4 Å². The van der Waals surface area contributed by atoms with Crippen LogP contribution in [-0.2, 0) is 9.84 Å². The topological polar surface area (TPSA) is 34.1 Å². The Morgan fingerprint density at radius 2 is 2.25 bits per heavy atom. The minimum Gasteiger partial charge on any atom is -0.224 e. The van der Waals surface area contributed by atoms with Crippen molar-refractivity contribution in [3.63, 3.8) is 0 Å². The van der Waals surface area contributed by atoms with Gasteiger partial charge in [0, 0.05) is 4.91 Å². The molecule has 0 amide bonds. The highest BCUT2D eigenvalue weighted by Gasteiger charge is 2.31. The molecule has 1 atom stereocenters. The molecule has 0 saturated carbocycles. The summed E-state index contributed by atoms with van der Waals surface area (Å²) in [6, 6.07) is 0. The van der Waals surface area contributed by atoms with Crippen molar-refractivity contribution in [3.8, 4) is 0 Å². The Balaban J connectivity index is 2.44. The van der Waals surface area contributed by atoms with Gasteiger partial charge >= 0.3 is 0 Å². The van der Waals surface area contributed by atoms with Crippen LogP contribution < -0.4 is 0 Å². The summed E-state index contributed by atoms with van der Waals surface area (Å²) < 4.78 is 23.0. The third-order valence-corrected chi connectivity index (χ3v) is 4.55. The van der Waals surface area contributed by atoms with Gasteiger partial charge in [0.25, 0.3) is 0 Å². The molecule has 2 aliphatic rings. The van der Waals surface area contributed by atoms with Crippen LogP contribution in [0.2, 0.25) is 0 Å². The Kier molecular flexibility index (Phi) is 1.65. The Labute approximate surface area is 72.9 Å². The van der Waals surface area contributed by atoms with Crippen molar-refractivity contribution in [2.24, 2.45) is 5.92 Å². The standard InChI is InChI=1S/C9H12O2S/c1-2-12(10,11)9-6-7-3-4-8(9)5-7/h3-4,7H,2,5-6H2,1H3. The van der Waals surface area contributed by atoms with Gasteiger partial charge in [-0.1, -0.05) is 19.1 Å². The minimum atomic E-state index is -2.90. The average Bonchev–Trinajstić information content (AvgIpc) is 2.64. The Hall–Kier alpha value is -0.570. The smallest absolute Gasteiger partial charge is 0.174 e. The van der Waals surface area contributed by atoms with Crippen molar-refractivity contribution in [3.05, 3.63) is 22.6 Å². The van der Waals surface area contributed by atoms with Gasteiger partial charge in [-0.25, -0.2) is 8.42 Å². The molecular weight excluding hydrogens is 172 g/mol. The van der Waals surface area contributed by atoms with Crippen LogP contribution in [0.4, 0.5) is 0 Å². The number of fused-ring (bicyclic) bond motifs is 2. The molecule has 1 unspecified atom stereocenters. The fourth-order valence-electron chi connectivity index (χ4n) is 1.89. The van der Waals surface area contributed by atoms with Gasteiger partial charge in [-0.05, 0) is 24.3 Å². The van der Waals surface area contributed by atoms with Crippen molar-refractivity contribution in [1.82, 2.24) is 0 Å². The van der Waals surface area contributed by atoms with Gasteiger partial charge in [0.15, 0.2) is 9.84 Å². The predicted octanol–water partition coefficient (Wildman–Crippen LogP) is 1.66. The number of hydrogen-bond acceptors (Lipinski definition) is 2. The maximum absolute atomic E-state index is 11.5. The first-order valence-corrected chi connectivity index (χ1v) is 5.91. The van der Waals surface area contributed by atoms with Crippen molar-refractivity contribution in [2.75, 3.05) is 5.75 Å². The molecule has 2 aliphatic carbocycles. The van der Waals surface area contributed by atoms with Crippen LogP contribution in [-0.4, -0.2) is 14.2 Å². The van der Waals surface area contributed by atoms with E-state index in [1.54, 1.807) is 6.92 Å². The Morgan fingerprint density at radius 1 is 1.50 bits per heavy atom. The van der Waals surface area contributed by atoms with E-state index >= 15 is 0 Å². The lowest BCUT2D eigenvalue weighted by molar-refractivity contribution is 0.599. The van der Waals surface area contributed by atoms with E-state index in [1.807, 2.05) is 6.08 Å². The molecule has 0 heterocycles. The first-order chi connectivity index (χ1) is 5.63. The molecule has 0 saturated heterocycles. The summed E-state index contributed by atoms with van der Waals surface area (Å²) in [5.74, 6) is 0.725. The fraction of sp³-hybridized carbons (Fsp3) is 0.556. The highest BCUT2D eigenvalue weighted by atomic mass is 32.2. The van der Waals surface area contributed by atoms with Crippen LogP contribution in [0.15, 0.2) is 22.6 Å². The molecule has 0 aliphatic heterocycles. The maximum Gasteiger partial charge on any atom is 0.174 e. The molecule has 2 rings (SSSR count). The van der Waals surface area contributed by atoms with Gasteiger partial charge in [-0.3, -0.25) is 0 Å². The first kappa shape index (κ1) is 8.05. The molecule has 0 radical (unpaired) electrons. The largest absolute Gasteiger partial charge is 0.224 e. The zero-order chi connectivity index (χ0) is 8.77. The maximum atomic E-state index is 11.5. The summed E-state index contributed by atoms with van der Waals surface area (Å²) in [7, 11) is -2.90. The van der Waals surface area contributed by atoms with Crippen molar-refractivity contribution in [2.45, 2.75) is 19.8 Å². The van der Waals surface area contributed by atoms with E-state index in [4.69, 9.17) is 0 Å². The number of hydrogen-bond donors (Lipinski definition) is 0. The summed E-state index contributed by atoms with van der Waals surface area (Å²) in [4.78, 5) is 0.706. The van der Waals surface area contributed by atoms with Crippen LogP contribution in [0.1, 0.15) is 19.8 Å². The third kappa shape index (κ3) is 1.04. The molecule has 0 aromatic carbocycles. The van der Waals surface area contributed by atoms with Gasteiger partial charge in [-0.2, -0.15) is 0 Å². The lowest BCUT2D eigenvalue weighted by Crippen LogP contribution is -2.08. The van der Waals surface area contributed by atoms with E-state index in [0.29, 0.717) is 10.8 Å². The molecule has 0 aromatic rings. The summed E-state index contributed by atoms with van der Waals surface area (Å²) in [5, 5.41) is 0. The summed E-state index contributed by atoms with van der Waals surface area (Å²) >= 11 is 0. The van der Waals surface area contributed by atoms with E-state index in [-0.39, 0.29) is 5.75 Å². The zero-order valence-electron chi connectivity index (χ0n) is 7.08. The molecule has 0 fully saturated rings. The van der Waals surface area contributed by atoms with E-state index in [2.05, 4.69) is 6.08 Å². The van der Waals surface area contributed by atoms with Crippen molar-refractivity contribution < 1.29 is 8.42 Å². The number of rotatable bonds is 2. The summed E-state index contributed by atoms with van der Waals surface area (Å²) in [5.41, 5.74) is 1.06. The molecule has 0 spiro atoms. The lowest BCUT2D eigenvalue weighted by Gasteiger charge is -2.06. The monoisotopic (exact) mass is 184 g/mol. The number of sulfone groups is 1. The summed E-state index contributed by atoms with van der Waals surface area (Å²) in [6.07, 6.45) is 5.79. The second-order valence-electron chi connectivity index (χ2n) is 3.38. The third-order valence-electron chi connectivity index (χ3n) is 2.61. The number of allylic oxidation sites excluding steroid dienone is 4. The molecular formula is C9H12O2S. The molecule has 0 aromatic heterocycles. The first-order valence-electron chi connectivity index (χ1n) is 4.26. The predicted molar refractivity (Wildman–Crippen MR) is 48.4 cm³/mol. The Morgan fingerprint density at radius 3 is 2.67 bits per heavy atom. The van der Waals surface area contributed by atoms with Gasteiger partial charge in [0.1, 0.15) is 0 Å². The molecule has 66 valence electrons. The van der Waals surface area contributed by atoms with Gasteiger partial charge in [0.05, 0.1) is 5.75 Å². The van der Waals surface area contributed by atoms with Gasteiger partial charge < -0.3 is 0 Å². The quantitative estimate of drug-likeness (QED) is 0.654. The minimum absolute atomic E-state index is 0.242. The Bertz CT molecular complexity index is 360. The molecule has 0 N–H and O–H groups in total. The van der Waals surface area contributed by atoms with Crippen molar-refractivity contribution >= 4 is 9.84 Å².